The van der Waals surface area contributed by atoms with Crippen molar-refractivity contribution in [3.8, 4) is 0 Å². The first-order chi connectivity index (χ1) is 8.61. The maximum atomic E-state index is 13.8. The maximum absolute atomic E-state index is 13.8. The number of halogens is 2. The Balaban J connectivity index is 2.48. The molecule has 1 atom stereocenters. The number of hydrogen-bond donors (Lipinski definition) is 1. The number of hydrogen-bond acceptors (Lipinski definition) is 2. The quantitative estimate of drug-likeness (QED) is 0.903. The number of benzene rings is 1. The van der Waals surface area contributed by atoms with Crippen LogP contribution in [0, 0.1) is 18.6 Å². The van der Waals surface area contributed by atoms with E-state index in [1.807, 2.05) is 19.1 Å². The van der Waals surface area contributed by atoms with E-state index in [1.165, 1.54) is 6.07 Å². The number of pyridine rings is 1. The molecule has 1 unspecified atom stereocenters. The molecule has 0 amide bonds. The second-order valence-corrected chi connectivity index (χ2v) is 4.09. The summed E-state index contributed by atoms with van der Waals surface area (Å²) in [6, 6.07) is 8.47. The molecule has 2 aromatic rings. The van der Waals surface area contributed by atoms with Gasteiger partial charge in [-0.1, -0.05) is 6.07 Å². The van der Waals surface area contributed by atoms with Crippen molar-refractivity contribution in [2.24, 2.45) is 0 Å². The molecule has 0 saturated heterocycles. The van der Waals surface area contributed by atoms with E-state index in [2.05, 4.69) is 10.3 Å². The zero-order chi connectivity index (χ0) is 13.1. The fourth-order valence-corrected chi connectivity index (χ4v) is 1.92. The third-order valence-corrected chi connectivity index (χ3v) is 2.76. The highest BCUT2D eigenvalue weighted by Crippen LogP contribution is 2.23. The Morgan fingerprint density at radius 2 is 1.94 bits per heavy atom. The molecule has 0 aliphatic heterocycles. The molecule has 18 heavy (non-hydrogen) atoms. The molecule has 0 spiro atoms. The minimum Gasteiger partial charge on any atom is -0.308 e. The average molecular weight is 248 g/mol. The first kappa shape index (κ1) is 12.6. The van der Waals surface area contributed by atoms with E-state index in [0.717, 1.165) is 17.8 Å². The predicted octanol–water partition coefficient (Wildman–Crippen LogP) is 2.98. The van der Waals surface area contributed by atoms with Crippen LogP contribution in [0.15, 0.2) is 36.4 Å². The van der Waals surface area contributed by atoms with Gasteiger partial charge in [-0.3, -0.25) is 4.98 Å². The maximum Gasteiger partial charge on any atom is 0.128 e. The Morgan fingerprint density at radius 1 is 1.17 bits per heavy atom. The van der Waals surface area contributed by atoms with Gasteiger partial charge in [0.25, 0.3) is 0 Å². The molecule has 0 saturated carbocycles. The summed E-state index contributed by atoms with van der Waals surface area (Å²) in [5.41, 5.74) is 1.77. The highest BCUT2D eigenvalue weighted by Gasteiger charge is 2.18. The normalized spacial score (nSPS) is 12.4. The van der Waals surface area contributed by atoms with E-state index < -0.39 is 17.7 Å². The van der Waals surface area contributed by atoms with Crippen LogP contribution in [-0.4, -0.2) is 12.0 Å². The monoisotopic (exact) mass is 248 g/mol. The van der Waals surface area contributed by atoms with Crippen molar-refractivity contribution < 1.29 is 8.78 Å². The van der Waals surface area contributed by atoms with E-state index >= 15 is 0 Å². The third kappa shape index (κ3) is 2.54. The SMILES string of the molecule is CNC(c1cccc(C)n1)c1cc(F)ccc1F. The first-order valence-electron chi connectivity index (χ1n) is 5.67. The summed E-state index contributed by atoms with van der Waals surface area (Å²) in [4.78, 5) is 4.34. The molecule has 0 aliphatic carbocycles. The van der Waals surface area contributed by atoms with E-state index in [4.69, 9.17) is 0 Å². The number of aryl methyl sites for hydroxylation is 1. The van der Waals surface area contributed by atoms with Crippen molar-refractivity contribution in [1.82, 2.24) is 10.3 Å². The molecule has 94 valence electrons. The molecule has 0 aliphatic rings. The van der Waals surface area contributed by atoms with Gasteiger partial charge >= 0.3 is 0 Å². The Kier molecular flexibility index (Phi) is 3.67. The molecule has 0 bridgehead atoms. The number of nitrogens with one attached hydrogen (secondary N) is 1. The second-order valence-electron chi connectivity index (χ2n) is 4.09. The number of nitrogens with zero attached hydrogens (tertiary/aromatic N) is 1. The number of aromatic nitrogens is 1. The van der Waals surface area contributed by atoms with E-state index in [9.17, 15) is 8.78 Å². The Labute approximate surface area is 105 Å². The van der Waals surface area contributed by atoms with Gasteiger partial charge < -0.3 is 5.32 Å². The van der Waals surface area contributed by atoms with E-state index in [1.54, 1.807) is 13.1 Å². The van der Waals surface area contributed by atoms with Crippen LogP contribution in [0.3, 0.4) is 0 Å². The molecule has 2 nitrogen and oxygen atoms in total. The van der Waals surface area contributed by atoms with Gasteiger partial charge in [0.2, 0.25) is 0 Å². The molecule has 1 N–H and O–H groups in total. The van der Waals surface area contributed by atoms with Crippen LogP contribution >= 0.6 is 0 Å². The van der Waals surface area contributed by atoms with Crippen molar-refractivity contribution in [3.63, 3.8) is 0 Å². The third-order valence-electron chi connectivity index (χ3n) is 2.76. The Morgan fingerprint density at radius 3 is 2.61 bits per heavy atom. The smallest absolute Gasteiger partial charge is 0.128 e. The minimum absolute atomic E-state index is 0.260. The highest BCUT2D eigenvalue weighted by atomic mass is 19.1. The van der Waals surface area contributed by atoms with Gasteiger partial charge in [0, 0.05) is 11.3 Å². The lowest BCUT2D eigenvalue weighted by atomic mass is 10.0. The lowest BCUT2D eigenvalue weighted by molar-refractivity contribution is 0.553. The zero-order valence-electron chi connectivity index (χ0n) is 10.2. The largest absolute Gasteiger partial charge is 0.308 e. The lowest BCUT2D eigenvalue weighted by Crippen LogP contribution is -2.20. The molecule has 1 aromatic carbocycles. The fraction of sp³-hybridized carbons (Fsp3) is 0.214. The van der Waals surface area contributed by atoms with Gasteiger partial charge in [-0.05, 0) is 44.3 Å². The van der Waals surface area contributed by atoms with Gasteiger partial charge in [-0.2, -0.15) is 0 Å². The molecule has 0 fully saturated rings. The standard InChI is InChI=1S/C14H14F2N2/c1-9-4-3-5-13(18-9)14(17-2)11-8-10(15)6-7-12(11)16/h3-8,14,17H,1-2H3. The molecule has 1 aromatic heterocycles. The molecule has 0 radical (unpaired) electrons. The van der Waals surface area contributed by atoms with Crippen molar-refractivity contribution >= 4 is 0 Å². The van der Waals surface area contributed by atoms with Crippen LogP contribution in [0.5, 0.6) is 0 Å². The zero-order valence-corrected chi connectivity index (χ0v) is 10.2. The highest BCUT2D eigenvalue weighted by molar-refractivity contribution is 5.30. The van der Waals surface area contributed by atoms with Crippen LogP contribution in [-0.2, 0) is 0 Å². The van der Waals surface area contributed by atoms with Crippen LogP contribution in [0.1, 0.15) is 23.0 Å². The van der Waals surface area contributed by atoms with Crippen LogP contribution in [0.2, 0.25) is 0 Å². The summed E-state index contributed by atoms with van der Waals surface area (Å²) in [6.45, 7) is 1.86. The summed E-state index contributed by atoms with van der Waals surface area (Å²) in [5, 5.41) is 2.96. The van der Waals surface area contributed by atoms with Gasteiger partial charge in [-0.25, -0.2) is 8.78 Å². The van der Waals surface area contributed by atoms with Gasteiger partial charge in [0.15, 0.2) is 0 Å². The number of rotatable bonds is 3. The summed E-state index contributed by atoms with van der Waals surface area (Å²) in [6.07, 6.45) is 0. The fourth-order valence-electron chi connectivity index (χ4n) is 1.92. The summed E-state index contributed by atoms with van der Waals surface area (Å²) >= 11 is 0. The Bertz CT molecular complexity index is 555. The van der Waals surface area contributed by atoms with Gasteiger partial charge in [0.05, 0.1) is 11.7 Å². The molecule has 2 rings (SSSR count). The van der Waals surface area contributed by atoms with Crippen molar-refractivity contribution in [2.45, 2.75) is 13.0 Å². The molecule has 1 heterocycles. The topological polar surface area (TPSA) is 24.9 Å². The van der Waals surface area contributed by atoms with Gasteiger partial charge in [0.1, 0.15) is 11.6 Å². The van der Waals surface area contributed by atoms with Crippen LogP contribution < -0.4 is 5.32 Å². The predicted molar refractivity (Wildman–Crippen MR) is 66.2 cm³/mol. The lowest BCUT2D eigenvalue weighted by Gasteiger charge is -2.17. The minimum atomic E-state index is -0.459. The van der Waals surface area contributed by atoms with Crippen LogP contribution in [0.25, 0.3) is 0 Å². The second kappa shape index (κ2) is 5.23. The molecular formula is C14H14F2N2. The first-order valence-corrected chi connectivity index (χ1v) is 5.67. The van der Waals surface area contributed by atoms with Gasteiger partial charge in [-0.15, -0.1) is 0 Å². The summed E-state index contributed by atoms with van der Waals surface area (Å²) < 4.78 is 27.0. The van der Waals surface area contributed by atoms with Crippen molar-refractivity contribution in [1.29, 1.82) is 0 Å². The van der Waals surface area contributed by atoms with Crippen molar-refractivity contribution in [3.05, 3.63) is 65.0 Å². The average Bonchev–Trinajstić information content (AvgIpc) is 2.35. The summed E-state index contributed by atoms with van der Waals surface area (Å²) in [7, 11) is 1.69. The van der Waals surface area contributed by atoms with Crippen molar-refractivity contribution in [2.75, 3.05) is 7.05 Å². The van der Waals surface area contributed by atoms with Crippen LogP contribution in [0.4, 0.5) is 8.78 Å². The van der Waals surface area contributed by atoms with E-state index in [-0.39, 0.29) is 5.56 Å². The Hall–Kier alpha value is -1.81. The van der Waals surface area contributed by atoms with E-state index in [0.29, 0.717) is 5.69 Å². The molecule has 4 heteroatoms. The molecular weight excluding hydrogens is 234 g/mol. The summed E-state index contributed by atoms with van der Waals surface area (Å²) in [5.74, 6) is -0.904.